The molecule has 0 fully saturated rings. The largest absolute Gasteiger partial charge is 0.412 e. The molecule has 1 heterocycles. The molecular weight excluding hydrogens is 253 g/mol. The molecule has 0 bridgehead atoms. The summed E-state index contributed by atoms with van der Waals surface area (Å²) in [5.41, 5.74) is 8.22. The lowest BCUT2D eigenvalue weighted by Gasteiger charge is -2.27. The van der Waals surface area contributed by atoms with Crippen molar-refractivity contribution in [3.63, 3.8) is 0 Å². The molecule has 1 aromatic rings. The van der Waals surface area contributed by atoms with Gasteiger partial charge in [-0.25, -0.2) is 0 Å². The number of hydrogen-bond acceptors (Lipinski definition) is 2. The van der Waals surface area contributed by atoms with Crippen molar-refractivity contribution in [2.75, 3.05) is 18.8 Å². The van der Waals surface area contributed by atoms with Gasteiger partial charge >= 0.3 is 6.18 Å². The van der Waals surface area contributed by atoms with E-state index in [2.05, 4.69) is 0 Å². The van der Waals surface area contributed by atoms with Gasteiger partial charge in [0.2, 0.25) is 0 Å². The van der Waals surface area contributed by atoms with Gasteiger partial charge in [0.05, 0.1) is 0 Å². The smallest absolute Gasteiger partial charge is 0.399 e. The monoisotopic (exact) mass is 270 g/mol. The predicted molar refractivity (Wildman–Crippen MR) is 69.6 cm³/mol. The van der Waals surface area contributed by atoms with Gasteiger partial charge in [-0.05, 0) is 30.5 Å². The second-order valence-corrected chi connectivity index (χ2v) is 4.84. The second-order valence-electron chi connectivity index (χ2n) is 4.84. The van der Waals surface area contributed by atoms with Crippen molar-refractivity contribution in [1.29, 1.82) is 0 Å². The third-order valence-corrected chi connectivity index (χ3v) is 3.54. The Morgan fingerprint density at radius 3 is 2.63 bits per heavy atom. The van der Waals surface area contributed by atoms with Crippen LogP contribution < -0.4 is 5.73 Å². The summed E-state index contributed by atoms with van der Waals surface area (Å²) in [4.78, 5) is 2.00. The van der Waals surface area contributed by atoms with Crippen molar-refractivity contribution < 1.29 is 13.2 Å². The number of nitrogen functional groups attached to an aromatic ring is 1. The van der Waals surface area contributed by atoms with E-state index in [1.54, 1.807) is 0 Å². The molecule has 0 atom stereocenters. The number of benzene rings is 1. The lowest BCUT2D eigenvalue weighted by atomic mass is 10.0. The van der Waals surface area contributed by atoms with E-state index in [9.17, 15) is 13.2 Å². The zero-order valence-electron chi connectivity index (χ0n) is 10.8. The molecule has 0 amide bonds. The Balaban J connectivity index is 2.03. The number of rotatable bonds is 2. The highest BCUT2D eigenvalue weighted by molar-refractivity contribution is 5.49. The molecule has 0 saturated heterocycles. The van der Waals surface area contributed by atoms with Gasteiger partial charge in [0.15, 0.2) is 0 Å². The highest BCUT2D eigenvalue weighted by atomic mass is 19.4. The third kappa shape index (κ3) is 3.29. The lowest BCUT2D eigenvalue weighted by Crippen LogP contribution is -2.31. The summed E-state index contributed by atoms with van der Waals surface area (Å²) in [5, 5.41) is 0. The van der Waals surface area contributed by atoms with Crippen LogP contribution in [0.15, 0.2) is 29.8 Å². The first-order valence-corrected chi connectivity index (χ1v) is 6.20. The predicted octanol–water partition coefficient (Wildman–Crippen LogP) is 3.27. The maximum absolute atomic E-state index is 12.5. The van der Waals surface area contributed by atoms with Crippen molar-refractivity contribution >= 4 is 5.69 Å². The zero-order chi connectivity index (χ0) is 14.0. The first-order chi connectivity index (χ1) is 8.88. The molecule has 0 spiro atoms. The first-order valence-electron chi connectivity index (χ1n) is 6.20. The number of nitrogens with zero attached hydrogens (tertiary/aromatic N) is 1. The molecule has 2 rings (SSSR count). The topological polar surface area (TPSA) is 29.3 Å². The molecule has 1 aromatic carbocycles. The summed E-state index contributed by atoms with van der Waals surface area (Å²) >= 11 is 0. The Bertz CT molecular complexity index is 492. The highest BCUT2D eigenvalue weighted by Gasteiger charge is 2.34. The van der Waals surface area contributed by atoms with E-state index < -0.39 is 11.7 Å². The average Bonchev–Trinajstić information content (AvgIpc) is 2.35. The van der Waals surface area contributed by atoms with Crippen LogP contribution in [0, 0.1) is 6.92 Å². The Morgan fingerprint density at radius 2 is 2.05 bits per heavy atom. The van der Waals surface area contributed by atoms with Gasteiger partial charge in [-0.3, -0.25) is 4.90 Å². The second kappa shape index (κ2) is 5.25. The molecule has 2 nitrogen and oxygen atoms in total. The van der Waals surface area contributed by atoms with Crippen LogP contribution in [0.25, 0.3) is 0 Å². The molecule has 0 radical (unpaired) electrons. The summed E-state index contributed by atoms with van der Waals surface area (Å²) in [6.07, 6.45) is -2.84. The van der Waals surface area contributed by atoms with E-state index in [4.69, 9.17) is 5.73 Å². The van der Waals surface area contributed by atoms with Crippen LogP contribution in [0.3, 0.4) is 0 Å². The molecular formula is C14H17F3N2. The standard InChI is InChI=1S/C14H17F3N2/c1-10-11(3-2-4-13(10)18)9-19-7-5-12(6-8-19)14(15,16)17/h2-5H,6-9,18H2,1H3. The quantitative estimate of drug-likeness (QED) is 0.660. The molecule has 0 aromatic heterocycles. The van der Waals surface area contributed by atoms with Crippen LogP contribution in [0.2, 0.25) is 0 Å². The van der Waals surface area contributed by atoms with E-state index in [0.29, 0.717) is 19.6 Å². The Labute approximate surface area is 110 Å². The van der Waals surface area contributed by atoms with Crippen molar-refractivity contribution in [1.82, 2.24) is 4.90 Å². The van der Waals surface area contributed by atoms with Crippen LogP contribution in [0.1, 0.15) is 17.5 Å². The van der Waals surface area contributed by atoms with Crippen molar-refractivity contribution in [3.8, 4) is 0 Å². The normalized spacial score (nSPS) is 17.4. The minimum atomic E-state index is -4.18. The number of halogens is 3. The van der Waals surface area contributed by atoms with Gasteiger partial charge in [0.1, 0.15) is 0 Å². The Kier molecular flexibility index (Phi) is 3.85. The van der Waals surface area contributed by atoms with Gasteiger partial charge in [0.25, 0.3) is 0 Å². The van der Waals surface area contributed by atoms with Crippen LogP contribution in [-0.2, 0) is 6.54 Å². The number of alkyl halides is 3. The summed E-state index contributed by atoms with van der Waals surface area (Å²) in [6.45, 7) is 3.34. The maximum atomic E-state index is 12.5. The lowest BCUT2D eigenvalue weighted by molar-refractivity contribution is -0.0960. The van der Waals surface area contributed by atoms with Crippen LogP contribution in [0.5, 0.6) is 0 Å². The fourth-order valence-corrected chi connectivity index (χ4v) is 2.23. The molecule has 19 heavy (non-hydrogen) atoms. The van der Waals surface area contributed by atoms with Gasteiger partial charge in [-0.1, -0.05) is 18.2 Å². The fraction of sp³-hybridized carbons (Fsp3) is 0.429. The van der Waals surface area contributed by atoms with Gasteiger partial charge in [-0.2, -0.15) is 13.2 Å². The van der Waals surface area contributed by atoms with Gasteiger partial charge in [-0.15, -0.1) is 0 Å². The Morgan fingerprint density at radius 1 is 1.32 bits per heavy atom. The third-order valence-electron chi connectivity index (χ3n) is 3.54. The minimum absolute atomic E-state index is 0.0604. The number of hydrogen-bond donors (Lipinski definition) is 1. The van der Waals surface area contributed by atoms with Gasteiger partial charge in [0, 0.05) is 30.9 Å². The SMILES string of the molecule is Cc1c(N)cccc1CN1CC=C(C(F)(F)F)CC1. The summed E-state index contributed by atoms with van der Waals surface area (Å²) in [7, 11) is 0. The van der Waals surface area contributed by atoms with E-state index in [-0.39, 0.29) is 6.42 Å². The molecule has 104 valence electrons. The van der Waals surface area contributed by atoms with E-state index >= 15 is 0 Å². The molecule has 1 aliphatic rings. The molecule has 1 aliphatic heterocycles. The summed E-state index contributed by atoms with van der Waals surface area (Å²) < 4.78 is 37.5. The van der Waals surface area contributed by atoms with E-state index in [1.807, 2.05) is 30.0 Å². The maximum Gasteiger partial charge on any atom is 0.412 e. The summed E-state index contributed by atoms with van der Waals surface area (Å²) in [6, 6.07) is 5.67. The molecule has 5 heteroatoms. The average molecular weight is 270 g/mol. The van der Waals surface area contributed by atoms with Crippen molar-refractivity contribution in [2.24, 2.45) is 0 Å². The number of nitrogens with two attached hydrogens (primary N) is 1. The molecule has 0 aliphatic carbocycles. The molecule has 0 unspecified atom stereocenters. The Hall–Kier alpha value is -1.49. The highest BCUT2D eigenvalue weighted by Crippen LogP contribution is 2.30. The van der Waals surface area contributed by atoms with Crippen LogP contribution >= 0.6 is 0 Å². The van der Waals surface area contributed by atoms with Crippen molar-refractivity contribution in [2.45, 2.75) is 26.1 Å². The zero-order valence-corrected chi connectivity index (χ0v) is 10.8. The van der Waals surface area contributed by atoms with Crippen LogP contribution in [-0.4, -0.2) is 24.2 Å². The van der Waals surface area contributed by atoms with E-state index in [1.165, 1.54) is 6.08 Å². The van der Waals surface area contributed by atoms with Crippen LogP contribution in [0.4, 0.5) is 18.9 Å². The first kappa shape index (κ1) is 13.9. The summed E-state index contributed by atoms with van der Waals surface area (Å²) in [5.74, 6) is 0. The molecule has 0 saturated carbocycles. The minimum Gasteiger partial charge on any atom is -0.399 e. The van der Waals surface area contributed by atoms with Gasteiger partial charge < -0.3 is 5.73 Å². The fourth-order valence-electron chi connectivity index (χ4n) is 2.23. The molecule has 2 N–H and O–H groups in total. The number of anilines is 1. The van der Waals surface area contributed by atoms with Crippen molar-refractivity contribution in [3.05, 3.63) is 41.0 Å². The van der Waals surface area contributed by atoms with E-state index in [0.717, 1.165) is 16.8 Å².